The number of phenols is 1. The van der Waals surface area contributed by atoms with Crippen LogP contribution in [0.4, 0.5) is 25.8 Å². The Bertz CT molecular complexity index is 5650. The molecule has 0 radical (unpaired) electrons. The van der Waals surface area contributed by atoms with Crippen molar-refractivity contribution in [1.29, 1.82) is 5.26 Å². The number of pyridine rings is 3. The van der Waals surface area contributed by atoms with Gasteiger partial charge in [0.1, 0.15) is 29.1 Å². The second-order valence-corrected chi connectivity index (χ2v) is 33.3. The maximum absolute atomic E-state index is 13.0. The third-order valence-corrected chi connectivity index (χ3v) is 23.3. The average molecular weight is 1740 g/mol. The number of amides is 5. The normalized spacial score (nSPS) is 17.5. The molecule has 3 fully saturated rings. The number of allylic oxidation sites excluding steroid dienone is 2. The number of nitriles is 1. The number of hydrogen-bond acceptors (Lipinski definition) is 16. The molecule has 0 saturated carbocycles. The van der Waals surface area contributed by atoms with Gasteiger partial charge in [0.2, 0.25) is 0 Å². The monoisotopic (exact) mass is 1730 g/mol. The summed E-state index contributed by atoms with van der Waals surface area (Å²) >= 11 is 20.3. The van der Waals surface area contributed by atoms with Gasteiger partial charge in [0.15, 0.2) is 0 Å². The zero-order chi connectivity index (χ0) is 81.8. The number of nitrogens with zero attached hydrogens (tertiary/aromatic N) is 16. The van der Waals surface area contributed by atoms with Gasteiger partial charge >= 0.3 is 18.2 Å². The highest BCUT2D eigenvalue weighted by atomic mass is 79.9. The molecule has 28 heteroatoms. The van der Waals surface area contributed by atoms with Crippen molar-refractivity contribution in [2.45, 2.75) is 77.5 Å². The molecule has 598 valence electrons. The summed E-state index contributed by atoms with van der Waals surface area (Å²) in [7, 11) is 1.87. The van der Waals surface area contributed by atoms with Crippen molar-refractivity contribution >= 4 is 120 Å². The first-order chi connectivity index (χ1) is 56.5. The number of benzene rings is 5. The van der Waals surface area contributed by atoms with Crippen LogP contribution in [-0.4, -0.2) is 186 Å². The molecular formula is C89H88Br2Cl2N18O6. The molecule has 24 nitrogen and oxygen atoms in total. The second-order valence-electron chi connectivity index (χ2n) is 30.6. The van der Waals surface area contributed by atoms with Crippen LogP contribution in [0.2, 0.25) is 10.0 Å². The minimum Gasteiger partial charge on any atom is -0.508 e. The lowest BCUT2D eigenvalue weighted by atomic mass is 9.91. The Morgan fingerprint density at radius 3 is 1.57 bits per heavy atom. The molecule has 6 aromatic heterocycles. The number of aromatic nitrogens is 9. The number of rotatable bonds is 11. The highest BCUT2D eigenvalue weighted by Crippen LogP contribution is 2.47. The maximum atomic E-state index is 13.0. The molecule has 11 aromatic rings. The molecule has 6 aliphatic rings. The number of ether oxygens (including phenoxy) is 1. The number of aliphatic hydroxyl groups excluding tert-OH is 1. The fourth-order valence-corrected chi connectivity index (χ4v) is 17.0. The standard InChI is InChI=1S/C31H28BrN7O.C30H28BrClN6O2.C28H32ClN5O3/c1-21-34-10-11-39(21)20-24-16-23-4-2-3-5-27(23)30(29-28(24)17-25(32)19-35-29)37-12-14-38(15-13-37)31(40)36-26-8-6-22(18-33)7-9-26;1-19-33-8-9-38(19)18-21-14-20-15-23(32)2-7-26(20)29(28-27(21)16-22(31)17-34-28)36-10-12-37(13-11-36)30(40)35-24-3-5-25(39)6-4-24;1-28(2,3)37-27(36)34-12-10-33(11-13-34)25-20-8-7-19(29)15-21(20)22(14-18-6-5-9-31-24(18)25)26(35)23-16-30-17-32(23)4/h2-11,16-17,19,30H,12-15,20H2,1H3,(H,36,40);2-9,14-17,29,39H,10-13,18H2,1H3,(H,35,40);5-9,14-17,25-26,35H,10-13H2,1-4H3/t;;25-,26?/m..0/s1. The Morgan fingerprint density at radius 2 is 1.05 bits per heavy atom. The number of imidazole rings is 3. The number of aryl methyl sites for hydroxylation is 3. The first kappa shape index (κ1) is 81.0. The molecule has 5 amide bonds. The first-order valence-corrected chi connectivity index (χ1v) is 41.1. The molecule has 117 heavy (non-hydrogen) atoms. The number of hydrogen-bond donors (Lipinski definition) is 4. The summed E-state index contributed by atoms with van der Waals surface area (Å²) in [5.41, 5.74) is 17.6. The lowest BCUT2D eigenvalue weighted by molar-refractivity contribution is 0.0117. The predicted octanol–water partition coefficient (Wildman–Crippen LogP) is 16.6. The zero-order valence-electron chi connectivity index (χ0n) is 65.5. The quantitative estimate of drug-likeness (QED) is 0.0877. The minimum absolute atomic E-state index is 0.0410. The van der Waals surface area contributed by atoms with Gasteiger partial charge in [0, 0.05) is 184 Å². The number of aliphatic hydroxyl groups is 1. The van der Waals surface area contributed by atoms with Crippen LogP contribution in [0.15, 0.2) is 198 Å². The maximum Gasteiger partial charge on any atom is 0.410 e. The molecule has 0 bridgehead atoms. The van der Waals surface area contributed by atoms with Crippen LogP contribution < -0.4 is 10.6 Å². The van der Waals surface area contributed by atoms with E-state index in [4.69, 9.17) is 48.2 Å². The fourth-order valence-electron chi connectivity index (χ4n) is 16.0. The Morgan fingerprint density at radius 1 is 0.556 bits per heavy atom. The summed E-state index contributed by atoms with van der Waals surface area (Å²) in [6.45, 7) is 18.6. The van der Waals surface area contributed by atoms with E-state index in [-0.39, 0.29) is 42.0 Å². The van der Waals surface area contributed by atoms with Gasteiger partial charge in [-0.25, -0.2) is 29.3 Å². The summed E-state index contributed by atoms with van der Waals surface area (Å²) in [6.07, 6.45) is 21.9. The Labute approximate surface area is 706 Å². The van der Waals surface area contributed by atoms with E-state index in [1.807, 2.05) is 142 Å². The molecule has 3 aliphatic heterocycles. The van der Waals surface area contributed by atoms with E-state index in [9.17, 15) is 24.6 Å². The van der Waals surface area contributed by atoms with Crippen LogP contribution in [-0.2, 0) is 24.9 Å². The highest BCUT2D eigenvalue weighted by molar-refractivity contribution is 9.10. The van der Waals surface area contributed by atoms with E-state index < -0.39 is 11.7 Å². The minimum atomic E-state index is -0.902. The molecule has 0 spiro atoms. The zero-order valence-corrected chi connectivity index (χ0v) is 70.2. The molecule has 3 aliphatic carbocycles. The van der Waals surface area contributed by atoms with E-state index in [1.165, 1.54) is 16.7 Å². The van der Waals surface area contributed by atoms with E-state index in [0.29, 0.717) is 124 Å². The summed E-state index contributed by atoms with van der Waals surface area (Å²) in [5, 5.41) is 37.2. The third-order valence-electron chi connectivity index (χ3n) is 21.9. The van der Waals surface area contributed by atoms with Crippen LogP contribution >= 0.6 is 55.1 Å². The Hall–Kier alpha value is -11.1. The summed E-state index contributed by atoms with van der Waals surface area (Å²) in [6, 6.07) is 43.6. The molecule has 9 heterocycles. The van der Waals surface area contributed by atoms with Gasteiger partial charge in [-0.1, -0.05) is 65.7 Å². The van der Waals surface area contributed by atoms with Gasteiger partial charge in [-0.15, -0.1) is 0 Å². The van der Waals surface area contributed by atoms with Crippen LogP contribution in [0.5, 0.6) is 5.75 Å². The van der Waals surface area contributed by atoms with Crippen molar-refractivity contribution < 1.29 is 29.3 Å². The Kier molecular flexibility index (Phi) is 24.5. The first-order valence-electron chi connectivity index (χ1n) is 38.8. The Balaban J connectivity index is 0.000000138. The summed E-state index contributed by atoms with van der Waals surface area (Å²) in [5.74, 6) is 2.07. The van der Waals surface area contributed by atoms with E-state index in [1.54, 1.807) is 72.2 Å². The number of phenolic OH excluding ortho intramolecular Hbond substituents is 1. The number of fused-ring (bicyclic) bond motifs is 6. The average Bonchev–Trinajstić information content (AvgIpc) is 1.66. The lowest BCUT2D eigenvalue weighted by Gasteiger charge is -2.40. The number of nitrogens with one attached hydrogen (secondary N) is 2. The van der Waals surface area contributed by atoms with Crippen molar-refractivity contribution in [2.75, 3.05) is 89.2 Å². The van der Waals surface area contributed by atoms with Crippen LogP contribution in [0.1, 0.15) is 135 Å². The van der Waals surface area contributed by atoms with Crippen LogP contribution in [0.25, 0.3) is 34.9 Å². The third kappa shape index (κ3) is 18.4. The van der Waals surface area contributed by atoms with Gasteiger partial charge < -0.3 is 54.0 Å². The number of carbonyl (C=O) groups is 3. The van der Waals surface area contributed by atoms with E-state index >= 15 is 0 Å². The fraction of sp³-hybridized carbons (Fsp3) is 0.281. The summed E-state index contributed by atoms with van der Waals surface area (Å²) < 4.78 is 13.5. The summed E-state index contributed by atoms with van der Waals surface area (Å²) in [4.78, 5) is 79.0. The number of anilines is 2. The van der Waals surface area contributed by atoms with E-state index in [2.05, 4.69) is 142 Å². The number of halogens is 4. The SMILES string of the molecule is Cc1nccn1CC1=Cc2cc(Cl)ccc2C(N2CCN(C(=O)Nc3ccc(O)cc3)CC2)c2ncc(Br)cc21.Cc1nccn1CC1=Cc2ccccc2C(N2CCN(C(=O)Nc3ccc(C#N)cc3)CC2)c2ncc(Br)cc21.Cn1cncc1C(O)C1=Cc2cccnc2[C@@H](N2CCN(C(=O)OC(C)(C)C)CC2)c2ccc(Cl)cc21. The van der Waals surface area contributed by atoms with Gasteiger partial charge in [-0.05, 0) is 231 Å². The van der Waals surface area contributed by atoms with E-state index in [0.717, 1.165) is 87.8 Å². The molecule has 17 rings (SSSR count). The van der Waals surface area contributed by atoms with Gasteiger partial charge in [-0.3, -0.25) is 29.7 Å². The number of aromatic hydroxyl groups is 1. The second kappa shape index (κ2) is 35.4. The van der Waals surface area contributed by atoms with Crippen LogP contribution in [0, 0.1) is 25.2 Å². The lowest BCUT2D eigenvalue weighted by Crippen LogP contribution is -2.51. The number of piperazine rings is 3. The largest absolute Gasteiger partial charge is 0.508 e. The van der Waals surface area contributed by atoms with Gasteiger partial charge in [0.05, 0.1) is 65.1 Å². The van der Waals surface area contributed by atoms with Crippen molar-refractivity contribution in [3.05, 3.63) is 298 Å². The topological polar surface area (TPSA) is 260 Å². The molecule has 3 unspecified atom stereocenters. The molecule has 4 atom stereocenters. The number of urea groups is 2. The van der Waals surface area contributed by atoms with Gasteiger partial charge in [0.25, 0.3) is 0 Å². The molecular weight excluding hydrogens is 1650 g/mol. The molecule has 5 aromatic carbocycles. The number of carbonyl (C=O) groups excluding carboxylic acids is 3. The molecule has 4 N–H and O–H groups in total. The van der Waals surface area contributed by atoms with Crippen molar-refractivity contribution in [2.24, 2.45) is 7.05 Å². The van der Waals surface area contributed by atoms with Crippen molar-refractivity contribution in [3.8, 4) is 11.8 Å². The smallest absolute Gasteiger partial charge is 0.410 e. The molecule has 3 saturated heterocycles. The van der Waals surface area contributed by atoms with Gasteiger partial charge in [-0.2, -0.15) is 5.26 Å². The predicted molar refractivity (Wildman–Crippen MR) is 462 cm³/mol. The van der Waals surface area contributed by atoms with Crippen LogP contribution in [0.3, 0.4) is 0 Å². The highest BCUT2D eigenvalue weighted by Gasteiger charge is 2.39. The van der Waals surface area contributed by atoms with Crippen molar-refractivity contribution in [3.63, 3.8) is 0 Å². The van der Waals surface area contributed by atoms with Crippen molar-refractivity contribution in [1.82, 2.24) is 73.0 Å².